The molecule has 1 heterocycles. The Balaban J connectivity index is 2.33. The Hall–Kier alpha value is -0.830. The molecule has 0 aromatic rings. The molecular weight excluding hydrogens is 178 g/mol. The van der Waals surface area contributed by atoms with Crippen molar-refractivity contribution in [3.05, 3.63) is 12.7 Å². The Bertz CT molecular complexity index is 229. The number of β-amino-alcohol motifs (C(OH)–C–C–N with tert-alkyl or cyclic N) is 1. The van der Waals surface area contributed by atoms with Gasteiger partial charge >= 0.3 is 0 Å². The first-order valence-corrected chi connectivity index (χ1v) is 5.10. The van der Waals surface area contributed by atoms with Gasteiger partial charge in [-0.05, 0) is 12.3 Å². The number of amides is 1. The van der Waals surface area contributed by atoms with Crippen molar-refractivity contribution in [2.45, 2.75) is 32.3 Å². The van der Waals surface area contributed by atoms with Gasteiger partial charge in [0.2, 0.25) is 5.91 Å². The van der Waals surface area contributed by atoms with Gasteiger partial charge in [-0.1, -0.05) is 19.9 Å². The number of hydrogen-bond acceptors (Lipinski definition) is 2. The number of allylic oxidation sites excluding steroid dienone is 1. The summed E-state index contributed by atoms with van der Waals surface area (Å²) in [5.74, 6) is 0.334. The first-order valence-electron chi connectivity index (χ1n) is 5.10. The Labute approximate surface area is 85.4 Å². The molecule has 0 atom stereocenters. The van der Waals surface area contributed by atoms with E-state index in [0.29, 0.717) is 19.5 Å². The number of carbonyl (C=O) groups excluding carboxylic acids is 1. The van der Waals surface area contributed by atoms with Crippen LogP contribution in [-0.2, 0) is 4.79 Å². The number of nitrogens with zero attached hydrogens (tertiary/aromatic N) is 1. The third-order valence-electron chi connectivity index (χ3n) is 2.92. The lowest BCUT2D eigenvalue weighted by Crippen LogP contribution is -2.65. The lowest BCUT2D eigenvalue weighted by Gasteiger charge is -2.49. The smallest absolute Gasteiger partial charge is 0.223 e. The molecule has 0 spiro atoms. The Morgan fingerprint density at radius 3 is 2.64 bits per heavy atom. The minimum Gasteiger partial charge on any atom is -0.386 e. The molecule has 1 saturated heterocycles. The molecule has 0 saturated carbocycles. The Morgan fingerprint density at radius 1 is 1.64 bits per heavy atom. The molecule has 0 aliphatic carbocycles. The van der Waals surface area contributed by atoms with Crippen molar-refractivity contribution in [1.29, 1.82) is 0 Å². The quantitative estimate of drug-likeness (QED) is 0.687. The Kier molecular flexibility index (Phi) is 3.32. The topological polar surface area (TPSA) is 40.5 Å². The van der Waals surface area contributed by atoms with E-state index >= 15 is 0 Å². The summed E-state index contributed by atoms with van der Waals surface area (Å²) in [6, 6.07) is 0. The number of hydrogen-bond donors (Lipinski definition) is 1. The minimum absolute atomic E-state index is 0.121. The van der Waals surface area contributed by atoms with Gasteiger partial charge < -0.3 is 10.0 Å². The SMILES string of the molecule is C=CCCC(=O)N1CC(O)(C(C)C)C1. The maximum atomic E-state index is 11.5. The van der Waals surface area contributed by atoms with Gasteiger partial charge in [0.15, 0.2) is 0 Å². The predicted octanol–water partition coefficient (Wildman–Crippen LogP) is 1.18. The lowest BCUT2D eigenvalue weighted by atomic mass is 9.83. The van der Waals surface area contributed by atoms with E-state index in [1.165, 1.54) is 0 Å². The van der Waals surface area contributed by atoms with Gasteiger partial charge in [0.25, 0.3) is 0 Å². The highest BCUT2D eigenvalue weighted by Crippen LogP contribution is 2.28. The fourth-order valence-corrected chi connectivity index (χ4v) is 1.54. The van der Waals surface area contributed by atoms with Gasteiger partial charge in [0, 0.05) is 6.42 Å². The summed E-state index contributed by atoms with van der Waals surface area (Å²) in [5.41, 5.74) is -0.649. The van der Waals surface area contributed by atoms with E-state index in [1.54, 1.807) is 11.0 Å². The lowest BCUT2D eigenvalue weighted by molar-refractivity contribution is -0.163. The van der Waals surface area contributed by atoms with Gasteiger partial charge in [-0.25, -0.2) is 0 Å². The van der Waals surface area contributed by atoms with E-state index in [0.717, 1.165) is 6.42 Å². The van der Waals surface area contributed by atoms with Crippen LogP contribution in [0, 0.1) is 5.92 Å². The van der Waals surface area contributed by atoms with Crippen molar-refractivity contribution >= 4 is 5.91 Å². The second-order valence-electron chi connectivity index (χ2n) is 4.34. The van der Waals surface area contributed by atoms with E-state index in [-0.39, 0.29) is 11.8 Å². The predicted molar refractivity (Wildman–Crippen MR) is 55.8 cm³/mol. The summed E-state index contributed by atoms with van der Waals surface area (Å²) in [7, 11) is 0. The summed E-state index contributed by atoms with van der Waals surface area (Å²) in [4.78, 5) is 13.2. The highest BCUT2D eigenvalue weighted by molar-refractivity contribution is 5.77. The zero-order valence-electron chi connectivity index (χ0n) is 8.99. The fourth-order valence-electron chi connectivity index (χ4n) is 1.54. The van der Waals surface area contributed by atoms with Crippen molar-refractivity contribution < 1.29 is 9.90 Å². The average Bonchev–Trinajstić information content (AvgIpc) is 2.08. The van der Waals surface area contributed by atoms with Crippen LogP contribution in [-0.4, -0.2) is 34.6 Å². The molecule has 1 aliphatic rings. The highest BCUT2D eigenvalue weighted by Gasteiger charge is 2.45. The van der Waals surface area contributed by atoms with E-state index in [9.17, 15) is 9.90 Å². The fraction of sp³-hybridized carbons (Fsp3) is 0.727. The van der Waals surface area contributed by atoms with Gasteiger partial charge in [-0.3, -0.25) is 4.79 Å². The van der Waals surface area contributed by atoms with Crippen molar-refractivity contribution in [1.82, 2.24) is 4.90 Å². The van der Waals surface area contributed by atoms with Crippen LogP contribution in [0.1, 0.15) is 26.7 Å². The molecule has 3 nitrogen and oxygen atoms in total. The standard InChI is InChI=1S/C11H19NO2/c1-4-5-6-10(13)12-7-11(14,8-12)9(2)3/h4,9,14H,1,5-8H2,2-3H3. The first kappa shape index (κ1) is 11.2. The summed E-state index contributed by atoms with van der Waals surface area (Å²) in [5, 5.41) is 9.92. The molecule has 0 radical (unpaired) electrons. The average molecular weight is 197 g/mol. The van der Waals surface area contributed by atoms with E-state index in [2.05, 4.69) is 6.58 Å². The molecule has 0 bridgehead atoms. The van der Waals surface area contributed by atoms with Crippen LogP contribution in [0.25, 0.3) is 0 Å². The summed E-state index contributed by atoms with van der Waals surface area (Å²) in [6.45, 7) is 8.50. The monoisotopic (exact) mass is 197 g/mol. The molecule has 1 aliphatic heterocycles. The molecule has 1 fully saturated rings. The van der Waals surface area contributed by atoms with Crippen molar-refractivity contribution in [2.75, 3.05) is 13.1 Å². The highest BCUT2D eigenvalue weighted by atomic mass is 16.3. The molecular formula is C11H19NO2. The molecule has 0 aromatic carbocycles. The second kappa shape index (κ2) is 4.13. The van der Waals surface area contributed by atoms with E-state index in [4.69, 9.17) is 0 Å². The van der Waals surface area contributed by atoms with Gasteiger partial charge in [-0.2, -0.15) is 0 Å². The maximum absolute atomic E-state index is 11.5. The van der Waals surface area contributed by atoms with Crippen LogP contribution in [0.3, 0.4) is 0 Å². The molecule has 1 N–H and O–H groups in total. The number of rotatable bonds is 4. The van der Waals surface area contributed by atoms with Crippen LogP contribution in [0.4, 0.5) is 0 Å². The van der Waals surface area contributed by atoms with E-state index < -0.39 is 5.60 Å². The van der Waals surface area contributed by atoms with Crippen LogP contribution in [0.15, 0.2) is 12.7 Å². The summed E-state index contributed by atoms with van der Waals surface area (Å²) >= 11 is 0. The molecule has 1 amide bonds. The number of aliphatic hydroxyl groups is 1. The summed E-state index contributed by atoms with van der Waals surface area (Å²) in [6.07, 6.45) is 2.97. The van der Waals surface area contributed by atoms with Crippen molar-refractivity contribution in [3.8, 4) is 0 Å². The normalized spacial score (nSPS) is 19.3. The number of likely N-dealkylation sites (tertiary alicyclic amines) is 1. The maximum Gasteiger partial charge on any atom is 0.223 e. The molecule has 80 valence electrons. The molecule has 14 heavy (non-hydrogen) atoms. The van der Waals surface area contributed by atoms with Crippen LogP contribution in [0.2, 0.25) is 0 Å². The number of carbonyl (C=O) groups is 1. The molecule has 3 heteroatoms. The molecule has 1 rings (SSSR count). The van der Waals surface area contributed by atoms with Crippen molar-refractivity contribution in [2.24, 2.45) is 5.92 Å². The van der Waals surface area contributed by atoms with Gasteiger partial charge in [0.05, 0.1) is 13.1 Å². The van der Waals surface area contributed by atoms with E-state index in [1.807, 2.05) is 13.8 Å². The van der Waals surface area contributed by atoms with Gasteiger partial charge in [0.1, 0.15) is 5.60 Å². The zero-order valence-corrected chi connectivity index (χ0v) is 8.99. The third kappa shape index (κ3) is 2.15. The second-order valence-corrected chi connectivity index (χ2v) is 4.34. The zero-order chi connectivity index (χ0) is 10.8. The van der Waals surface area contributed by atoms with Crippen molar-refractivity contribution in [3.63, 3.8) is 0 Å². The third-order valence-corrected chi connectivity index (χ3v) is 2.92. The summed E-state index contributed by atoms with van der Waals surface area (Å²) < 4.78 is 0. The Morgan fingerprint density at radius 2 is 2.21 bits per heavy atom. The van der Waals surface area contributed by atoms with Gasteiger partial charge in [-0.15, -0.1) is 6.58 Å². The molecule has 0 unspecified atom stereocenters. The van der Waals surface area contributed by atoms with Crippen LogP contribution < -0.4 is 0 Å². The first-order chi connectivity index (χ1) is 6.49. The largest absolute Gasteiger partial charge is 0.386 e. The minimum atomic E-state index is -0.649. The molecule has 0 aromatic heterocycles. The van der Waals surface area contributed by atoms with Crippen LogP contribution in [0.5, 0.6) is 0 Å². The van der Waals surface area contributed by atoms with Crippen LogP contribution >= 0.6 is 0 Å².